The minimum atomic E-state index is 0.219. The van der Waals surface area contributed by atoms with Crippen LogP contribution in [-0.2, 0) is 0 Å². The van der Waals surface area contributed by atoms with E-state index in [1.165, 1.54) is 19.3 Å². The third-order valence-electron chi connectivity index (χ3n) is 3.35. The van der Waals surface area contributed by atoms with Crippen molar-refractivity contribution in [2.75, 3.05) is 6.54 Å². The van der Waals surface area contributed by atoms with Crippen molar-refractivity contribution in [1.82, 2.24) is 0 Å². The van der Waals surface area contributed by atoms with Gasteiger partial charge in [-0.3, -0.25) is 0 Å². The van der Waals surface area contributed by atoms with Crippen molar-refractivity contribution < 1.29 is 0 Å². The van der Waals surface area contributed by atoms with Crippen LogP contribution in [0.4, 0.5) is 0 Å². The van der Waals surface area contributed by atoms with E-state index in [4.69, 9.17) is 5.73 Å². The van der Waals surface area contributed by atoms with E-state index in [-0.39, 0.29) is 5.41 Å². The molecule has 0 spiro atoms. The molecule has 0 aliphatic heterocycles. The molecule has 1 rings (SSSR count). The summed E-state index contributed by atoms with van der Waals surface area (Å²) in [4.78, 5) is 0. The molecule has 0 aromatic heterocycles. The molecule has 0 unspecified atom stereocenters. The second-order valence-corrected chi connectivity index (χ2v) is 5.69. The minimum Gasteiger partial charge on any atom is -0.330 e. The summed E-state index contributed by atoms with van der Waals surface area (Å²) >= 11 is 0. The van der Waals surface area contributed by atoms with E-state index >= 15 is 0 Å². The van der Waals surface area contributed by atoms with Gasteiger partial charge in [-0.2, -0.15) is 0 Å². The number of hydrogen-bond acceptors (Lipinski definition) is 1. The Bertz CT molecular complexity index is 211. The van der Waals surface area contributed by atoms with Gasteiger partial charge in [0.25, 0.3) is 0 Å². The Kier molecular flexibility index (Phi) is 2.86. The van der Waals surface area contributed by atoms with Crippen molar-refractivity contribution in [1.29, 1.82) is 0 Å². The largest absolute Gasteiger partial charge is 0.330 e. The average molecular weight is 181 g/mol. The lowest BCUT2D eigenvalue weighted by molar-refractivity contribution is 0.298. The summed E-state index contributed by atoms with van der Waals surface area (Å²) in [7, 11) is 0. The van der Waals surface area contributed by atoms with Gasteiger partial charge in [-0.15, -0.1) is 0 Å². The normalized spacial score (nSPS) is 22.7. The molecule has 0 bridgehead atoms. The first-order chi connectivity index (χ1) is 5.87. The molecule has 0 heterocycles. The Morgan fingerprint density at radius 2 is 2.08 bits per heavy atom. The molecule has 0 radical (unpaired) electrons. The fraction of sp³-hybridized carbons (Fsp3) is 0.833. The Hall–Kier alpha value is -0.300. The van der Waals surface area contributed by atoms with Gasteiger partial charge < -0.3 is 5.73 Å². The van der Waals surface area contributed by atoms with Crippen molar-refractivity contribution in [2.24, 2.45) is 16.6 Å². The molecule has 1 aliphatic rings. The molecule has 0 saturated carbocycles. The fourth-order valence-corrected chi connectivity index (χ4v) is 1.82. The lowest BCUT2D eigenvalue weighted by atomic mass is 9.71. The molecular weight excluding hydrogens is 158 g/mol. The van der Waals surface area contributed by atoms with E-state index in [1.54, 1.807) is 5.57 Å². The monoisotopic (exact) mass is 181 g/mol. The maximum Gasteiger partial charge on any atom is 0.00115 e. The zero-order valence-electron chi connectivity index (χ0n) is 9.48. The average Bonchev–Trinajstić information content (AvgIpc) is 2.04. The van der Waals surface area contributed by atoms with Crippen LogP contribution in [0.2, 0.25) is 0 Å². The summed E-state index contributed by atoms with van der Waals surface area (Å²) in [5, 5.41) is 0. The van der Waals surface area contributed by atoms with Gasteiger partial charge >= 0.3 is 0 Å². The molecule has 76 valence electrons. The first kappa shape index (κ1) is 10.8. The minimum absolute atomic E-state index is 0.219. The molecule has 0 aromatic carbocycles. The maximum absolute atomic E-state index is 5.76. The Balaban J connectivity index is 2.71. The lowest BCUT2D eigenvalue weighted by Gasteiger charge is -2.35. The van der Waals surface area contributed by atoms with Crippen LogP contribution in [0.15, 0.2) is 11.6 Å². The number of allylic oxidation sites excluding steroid dienone is 1. The van der Waals surface area contributed by atoms with Crippen LogP contribution in [0.25, 0.3) is 0 Å². The number of nitrogens with two attached hydrogens (primary N) is 1. The quantitative estimate of drug-likeness (QED) is 0.651. The van der Waals surface area contributed by atoms with Gasteiger partial charge in [0.15, 0.2) is 0 Å². The number of hydrogen-bond donors (Lipinski definition) is 1. The van der Waals surface area contributed by atoms with E-state index in [0.29, 0.717) is 5.41 Å². The summed E-state index contributed by atoms with van der Waals surface area (Å²) in [6.45, 7) is 9.94. The SMILES string of the molecule is CC1(C)CC=C(C(C)(C)CN)CC1. The van der Waals surface area contributed by atoms with E-state index in [1.807, 2.05) is 0 Å². The van der Waals surface area contributed by atoms with Gasteiger partial charge in [-0.05, 0) is 30.1 Å². The van der Waals surface area contributed by atoms with Crippen molar-refractivity contribution >= 4 is 0 Å². The predicted octanol–water partition coefficient (Wildman–Crippen LogP) is 3.11. The molecule has 0 fully saturated rings. The molecule has 1 heteroatoms. The second kappa shape index (κ2) is 3.45. The van der Waals surface area contributed by atoms with Gasteiger partial charge in [-0.25, -0.2) is 0 Å². The van der Waals surface area contributed by atoms with Crippen LogP contribution in [0.1, 0.15) is 47.0 Å². The van der Waals surface area contributed by atoms with E-state index < -0.39 is 0 Å². The van der Waals surface area contributed by atoms with Crippen LogP contribution in [0.3, 0.4) is 0 Å². The zero-order chi connectivity index (χ0) is 10.1. The van der Waals surface area contributed by atoms with Crippen molar-refractivity contribution in [3.63, 3.8) is 0 Å². The van der Waals surface area contributed by atoms with Crippen LogP contribution in [-0.4, -0.2) is 6.54 Å². The molecule has 2 N–H and O–H groups in total. The highest BCUT2D eigenvalue weighted by Gasteiger charge is 2.28. The topological polar surface area (TPSA) is 26.0 Å². The highest BCUT2D eigenvalue weighted by molar-refractivity contribution is 5.16. The van der Waals surface area contributed by atoms with Gasteiger partial charge in [-0.1, -0.05) is 39.3 Å². The van der Waals surface area contributed by atoms with Crippen LogP contribution >= 0.6 is 0 Å². The van der Waals surface area contributed by atoms with Crippen molar-refractivity contribution in [3.8, 4) is 0 Å². The molecular formula is C12H23N. The molecule has 0 saturated heterocycles. The first-order valence-corrected chi connectivity index (χ1v) is 5.27. The van der Waals surface area contributed by atoms with Crippen LogP contribution in [0.5, 0.6) is 0 Å². The highest BCUT2D eigenvalue weighted by Crippen LogP contribution is 2.40. The van der Waals surface area contributed by atoms with Crippen LogP contribution < -0.4 is 5.73 Å². The summed E-state index contributed by atoms with van der Waals surface area (Å²) in [5.41, 5.74) is 8.05. The third kappa shape index (κ3) is 2.57. The van der Waals surface area contributed by atoms with Crippen LogP contribution in [0, 0.1) is 10.8 Å². The second-order valence-electron chi connectivity index (χ2n) is 5.69. The third-order valence-corrected chi connectivity index (χ3v) is 3.35. The van der Waals surface area contributed by atoms with E-state index in [0.717, 1.165) is 6.54 Å². The summed E-state index contributed by atoms with van der Waals surface area (Å²) < 4.78 is 0. The number of rotatable bonds is 2. The predicted molar refractivity (Wildman–Crippen MR) is 58.6 cm³/mol. The maximum atomic E-state index is 5.76. The molecule has 0 amide bonds. The van der Waals surface area contributed by atoms with Crippen molar-refractivity contribution in [3.05, 3.63) is 11.6 Å². The van der Waals surface area contributed by atoms with E-state index in [9.17, 15) is 0 Å². The Morgan fingerprint density at radius 1 is 1.46 bits per heavy atom. The fourth-order valence-electron chi connectivity index (χ4n) is 1.82. The van der Waals surface area contributed by atoms with Gasteiger partial charge in [0, 0.05) is 6.54 Å². The van der Waals surface area contributed by atoms with E-state index in [2.05, 4.69) is 33.8 Å². The lowest BCUT2D eigenvalue weighted by Crippen LogP contribution is -2.29. The van der Waals surface area contributed by atoms with Gasteiger partial charge in [0.05, 0.1) is 0 Å². The zero-order valence-corrected chi connectivity index (χ0v) is 9.48. The molecule has 1 aliphatic carbocycles. The molecule has 13 heavy (non-hydrogen) atoms. The summed E-state index contributed by atoms with van der Waals surface area (Å²) in [6.07, 6.45) is 6.17. The Labute approximate surface area is 82.4 Å². The first-order valence-electron chi connectivity index (χ1n) is 5.27. The highest BCUT2D eigenvalue weighted by atomic mass is 14.6. The Morgan fingerprint density at radius 3 is 2.46 bits per heavy atom. The summed E-state index contributed by atoms with van der Waals surface area (Å²) in [5.74, 6) is 0. The summed E-state index contributed by atoms with van der Waals surface area (Å²) in [6, 6.07) is 0. The molecule has 0 aromatic rings. The smallest absolute Gasteiger partial charge is 0.00115 e. The molecule has 0 atom stereocenters. The van der Waals surface area contributed by atoms with Gasteiger partial charge in [0.2, 0.25) is 0 Å². The van der Waals surface area contributed by atoms with Crippen molar-refractivity contribution in [2.45, 2.75) is 47.0 Å². The molecule has 1 nitrogen and oxygen atoms in total. The van der Waals surface area contributed by atoms with Gasteiger partial charge in [0.1, 0.15) is 0 Å². The standard InChI is InChI=1S/C12H23N/c1-11(2)7-5-10(6-8-11)12(3,4)9-13/h5H,6-9,13H2,1-4H3.